The zero-order valence-electron chi connectivity index (χ0n) is 11.3. The number of benzene rings is 1. The molecule has 1 amide bonds. The molecule has 0 aliphatic heterocycles. The summed E-state index contributed by atoms with van der Waals surface area (Å²) in [5.74, 6) is -0.315. The molecule has 0 radical (unpaired) electrons. The minimum absolute atomic E-state index is 0.0748. The summed E-state index contributed by atoms with van der Waals surface area (Å²) >= 11 is 11.7. The summed E-state index contributed by atoms with van der Waals surface area (Å²) in [4.78, 5) is 11.4. The topological polar surface area (TPSA) is 46.9 Å². The average Bonchev–Trinajstić information content (AvgIpc) is 2.69. The maximum absolute atomic E-state index is 11.4. The molecule has 0 aliphatic rings. The van der Waals surface area contributed by atoms with Crippen LogP contribution in [0.2, 0.25) is 5.02 Å². The molecule has 1 N–H and O–H groups in total. The number of aromatic nitrogens is 2. The zero-order chi connectivity index (χ0) is 14.7. The van der Waals surface area contributed by atoms with E-state index in [2.05, 4.69) is 10.4 Å². The summed E-state index contributed by atoms with van der Waals surface area (Å²) in [5.41, 5.74) is 3.33. The van der Waals surface area contributed by atoms with Gasteiger partial charge in [0, 0.05) is 5.02 Å². The van der Waals surface area contributed by atoms with Crippen LogP contribution in [0, 0.1) is 13.8 Å². The maximum atomic E-state index is 11.4. The van der Waals surface area contributed by atoms with Crippen molar-refractivity contribution in [1.82, 2.24) is 9.78 Å². The van der Waals surface area contributed by atoms with E-state index in [1.54, 1.807) is 0 Å². The SMILES string of the molecule is Cc1nn(Cc2ccccc2Cl)c(C)c1NC(=O)CCl. The normalized spacial score (nSPS) is 10.6. The molecule has 6 heteroatoms. The number of aryl methyl sites for hydroxylation is 1. The Hall–Kier alpha value is -1.52. The average molecular weight is 312 g/mol. The number of halogens is 2. The van der Waals surface area contributed by atoms with Gasteiger partial charge < -0.3 is 5.32 Å². The summed E-state index contributed by atoms with van der Waals surface area (Å²) in [6.07, 6.45) is 0. The predicted octanol–water partition coefficient (Wildman–Crippen LogP) is 3.38. The minimum atomic E-state index is -0.241. The first kappa shape index (κ1) is 14.9. The first-order chi connectivity index (χ1) is 9.52. The molecular formula is C14H15Cl2N3O. The van der Waals surface area contributed by atoms with Crippen LogP contribution in [-0.2, 0) is 11.3 Å². The van der Waals surface area contributed by atoms with Crippen molar-refractivity contribution < 1.29 is 4.79 Å². The highest BCUT2D eigenvalue weighted by atomic mass is 35.5. The van der Waals surface area contributed by atoms with Crippen molar-refractivity contribution in [2.75, 3.05) is 11.2 Å². The highest BCUT2D eigenvalue weighted by Crippen LogP contribution is 2.22. The van der Waals surface area contributed by atoms with Gasteiger partial charge in [0.2, 0.25) is 5.91 Å². The molecule has 2 rings (SSSR count). The molecule has 0 fully saturated rings. The van der Waals surface area contributed by atoms with E-state index < -0.39 is 0 Å². The Kier molecular flexibility index (Phi) is 4.68. The van der Waals surface area contributed by atoms with Gasteiger partial charge in [-0.25, -0.2) is 0 Å². The number of carbonyl (C=O) groups is 1. The van der Waals surface area contributed by atoms with Crippen LogP contribution in [0.3, 0.4) is 0 Å². The van der Waals surface area contributed by atoms with Crippen molar-refractivity contribution in [1.29, 1.82) is 0 Å². The smallest absolute Gasteiger partial charge is 0.239 e. The van der Waals surface area contributed by atoms with Crippen LogP contribution in [0.15, 0.2) is 24.3 Å². The van der Waals surface area contributed by atoms with E-state index in [9.17, 15) is 4.79 Å². The van der Waals surface area contributed by atoms with Crippen molar-refractivity contribution in [3.63, 3.8) is 0 Å². The van der Waals surface area contributed by atoms with Crippen LogP contribution < -0.4 is 5.32 Å². The molecule has 0 saturated heterocycles. The summed E-state index contributed by atoms with van der Waals surface area (Å²) in [6, 6.07) is 7.62. The van der Waals surface area contributed by atoms with Gasteiger partial charge in [0.25, 0.3) is 0 Å². The van der Waals surface area contributed by atoms with Crippen molar-refractivity contribution in [2.45, 2.75) is 20.4 Å². The summed E-state index contributed by atoms with van der Waals surface area (Å²) in [5, 5.41) is 7.90. The quantitative estimate of drug-likeness (QED) is 0.880. The van der Waals surface area contributed by atoms with Gasteiger partial charge in [-0.3, -0.25) is 9.48 Å². The van der Waals surface area contributed by atoms with E-state index in [4.69, 9.17) is 23.2 Å². The minimum Gasteiger partial charge on any atom is -0.322 e. The van der Waals surface area contributed by atoms with E-state index in [-0.39, 0.29) is 11.8 Å². The van der Waals surface area contributed by atoms with E-state index in [0.29, 0.717) is 17.3 Å². The molecule has 1 heterocycles. The standard InChI is InChI=1S/C14H15Cl2N3O/c1-9-14(17-13(20)7-15)10(2)19(18-9)8-11-5-3-4-6-12(11)16/h3-6H,7-8H2,1-2H3,(H,17,20). The fourth-order valence-corrected chi connectivity index (χ4v) is 2.25. The van der Waals surface area contributed by atoms with Crippen molar-refractivity contribution >= 4 is 34.8 Å². The molecule has 4 nitrogen and oxygen atoms in total. The number of carbonyl (C=O) groups excluding carboxylic acids is 1. The van der Waals surface area contributed by atoms with Gasteiger partial charge in [-0.05, 0) is 25.5 Å². The van der Waals surface area contributed by atoms with Gasteiger partial charge in [-0.2, -0.15) is 5.10 Å². The van der Waals surface area contributed by atoms with Gasteiger partial charge in [-0.15, -0.1) is 11.6 Å². The van der Waals surface area contributed by atoms with Gasteiger partial charge in [-0.1, -0.05) is 29.8 Å². The second kappa shape index (κ2) is 6.29. The number of anilines is 1. The number of alkyl halides is 1. The van der Waals surface area contributed by atoms with E-state index in [1.165, 1.54) is 0 Å². The van der Waals surface area contributed by atoms with Crippen LogP contribution in [0.4, 0.5) is 5.69 Å². The third kappa shape index (κ3) is 3.14. The largest absolute Gasteiger partial charge is 0.322 e. The van der Waals surface area contributed by atoms with E-state index in [1.807, 2.05) is 42.8 Å². The third-order valence-electron chi connectivity index (χ3n) is 3.05. The van der Waals surface area contributed by atoms with Crippen molar-refractivity contribution in [3.8, 4) is 0 Å². The second-order valence-corrected chi connectivity index (χ2v) is 5.15. The Labute approximate surface area is 127 Å². The number of rotatable bonds is 4. The molecule has 0 bridgehead atoms. The summed E-state index contributed by atoms with van der Waals surface area (Å²) in [7, 11) is 0. The van der Waals surface area contributed by atoms with Crippen molar-refractivity contribution in [2.24, 2.45) is 0 Å². The lowest BCUT2D eigenvalue weighted by Crippen LogP contribution is -2.14. The van der Waals surface area contributed by atoms with Gasteiger partial charge >= 0.3 is 0 Å². The lowest BCUT2D eigenvalue weighted by molar-refractivity contribution is -0.113. The van der Waals surface area contributed by atoms with E-state index >= 15 is 0 Å². The third-order valence-corrected chi connectivity index (χ3v) is 3.66. The Bertz CT molecular complexity index is 637. The van der Waals surface area contributed by atoms with Crippen LogP contribution in [0.1, 0.15) is 17.0 Å². The molecule has 1 aromatic heterocycles. The summed E-state index contributed by atoms with van der Waals surface area (Å²) < 4.78 is 1.82. The van der Waals surface area contributed by atoms with Crippen LogP contribution >= 0.6 is 23.2 Å². The Balaban J connectivity index is 2.28. The lowest BCUT2D eigenvalue weighted by Gasteiger charge is -2.07. The van der Waals surface area contributed by atoms with Crippen LogP contribution in [-0.4, -0.2) is 21.6 Å². The Morgan fingerprint density at radius 3 is 2.70 bits per heavy atom. The molecule has 0 unspecified atom stereocenters. The number of nitrogens with zero attached hydrogens (tertiary/aromatic N) is 2. The lowest BCUT2D eigenvalue weighted by atomic mass is 10.2. The predicted molar refractivity (Wildman–Crippen MR) is 81.6 cm³/mol. The van der Waals surface area contributed by atoms with Gasteiger partial charge in [0.05, 0.1) is 23.6 Å². The molecule has 106 valence electrons. The highest BCUT2D eigenvalue weighted by molar-refractivity contribution is 6.31. The monoisotopic (exact) mass is 311 g/mol. The molecular weight excluding hydrogens is 297 g/mol. The fraction of sp³-hybridized carbons (Fsp3) is 0.286. The first-order valence-corrected chi connectivity index (χ1v) is 7.07. The molecule has 1 aromatic carbocycles. The Morgan fingerprint density at radius 2 is 2.05 bits per heavy atom. The molecule has 0 aliphatic carbocycles. The highest BCUT2D eigenvalue weighted by Gasteiger charge is 2.14. The molecule has 20 heavy (non-hydrogen) atoms. The molecule has 0 spiro atoms. The second-order valence-electron chi connectivity index (χ2n) is 4.48. The fourth-order valence-electron chi connectivity index (χ4n) is 1.99. The van der Waals surface area contributed by atoms with Crippen LogP contribution in [0.5, 0.6) is 0 Å². The molecule has 0 atom stereocenters. The van der Waals surface area contributed by atoms with Crippen molar-refractivity contribution in [3.05, 3.63) is 46.2 Å². The number of hydrogen-bond acceptors (Lipinski definition) is 2. The van der Waals surface area contributed by atoms with Crippen LogP contribution in [0.25, 0.3) is 0 Å². The van der Waals surface area contributed by atoms with E-state index in [0.717, 1.165) is 17.0 Å². The zero-order valence-corrected chi connectivity index (χ0v) is 12.8. The number of nitrogens with one attached hydrogen (secondary N) is 1. The maximum Gasteiger partial charge on any atom is 0.239 e. The summed E-state index contributed by atoms with van der Waals surface area (Å²) in [6.45, 7) is 4.31. The molecule has 2 aromatic rings. The number of amides is 1. The Morgan fingerprint density at radius 1 is 1.35 bits per heavy atom. The van der Waals surface area contributed by atoms with Gasteiger partial charge in [0.15, 0.2) is 0 Å². The number of hydrogen-bond donors (Lipinski definition) is 1. The molecule has 0 saturated carbocycles. The van der Waals surface area contributed by atoms with Gasteiger partial charge in [0.1, 0.15) is 5.88 Å². The first-order valence-electron chi connectivity index (χ1n) is 6.16.